The lowest BCUT2D eigenvalue weighted by atomic mass is 10.2. The summed E-state index contributed by atoms with van der Waals surface area (Å²) in [6.07, 6.45) is -4.79. The minimum Gasteiger partial charge on any atom is -0.493 e. The highest BCUT2D eigenvalue weighted by atomic mass is 35.5. The van der Waals surface area contributed by atoms with E-state index in [1.807, 2.05) is 0 Å². The first kappa shape index (κ1) is 14.0. The lowest BCUT2D eigenvalue weighted by Gasteiger charge is -2.10. The summed E-state index contributed by atoms with van der Waals surface area (Å²) in [5, 5.41) is -0.264. The number of hydrogen-bond donors (Lipinski definition) is 1. The lowest BCUT2D eigenvalue weighted by Crippen LogP contribution is -2.19. The molecular formula is C10H5Cl2F3N2O2. The Bertz CT molecular complexity index is 712. The third-order valence-corrected chi connectivity index (χ3v) is 3.09. The van der Waals surface area contributed by atoms with E-state index >= 15 is 0 Å². The number of aromatic amines is 1. The fourth-order valence-corrected chi connectivity index (χ4v) is 1.93. The van der Waals surface area contributed by atoms with Crippen LogP contribution in [0.5, 0.6) is 5.75 Å². The van der Waals surface area contributed by atoms with E-state index in [0.717, 1.165) is 6.07 Å². The number of alkyl halides is 3. The molecule has 0 saturated heterocycles. The van der Waals surface area contributed by atoms with Crippen LogP contribution < -0.4 is 10.3 Å². The number of rotatable bonds is 1. The number of halogens is 5. The first-order valence-electron chi connectivity index (χ1n) is 4.79. The monoisotopic (exact) mass is 312 g/mol. The third-order valence-electron chi connectivity index (χ3n) is 2.32. The maximum Gasteiger partial charge on any atom is 0.449 e. The van der Waals surface area contributed by atoms with Crippen LogP contribution in [0.1, 0.15) is 5.82 Å². The number of ether oxygens (including phenoxy) is 1. The van der Waals surface area contributed by atoms with E-state index < -0.39 is 17.6 Å². The minimum absolute atomic E-state index is 0.0157. The van der Waals surface area contributed by atoms with Crippen LogP contribution in [0.25, 0.3) is 10.9 Å². The molecule has 102 valence electrons. The van der Waals surface area contributed by atoms with Gasteiger partial charge in [-0.25, -0.2) is 4.98 Å². The van der Waals surface area contributed by atoms with Crippen molar-refractivity contribution in [2.75, 3.05) is 7.11 Å². The van der Waals surface area contributed by atoms with Crippen LogP contribution in [0.2, 0.25) is 10.0 Å². The SMILES string of the molecule is COc1c(Cl)c(Cl)cc2c(=O)[nH]c(C(F)(F)F)nc12. The van der Waals surface area contributed by atoms with Crippen molar-refractivity contribution in [3.63, 3.8) is 0 Å². The molecule has 0 amide bonds. The molecular weight excluding hydrogens is 308 g/mol. The maximum absolute atomic E-state index is 12.6. The summed E-state index contributed by atoms with van der Waals surface area (Å²) in [6.45, 7) is 0. The smallest absolute Gasteiger partial charge is 0.449 e. The Morgan fingerprint density at radius 2 is 2.00 bits per heavy atom. The molecule has 0 bridgehead atoms. The third kappa shape index (κ3) is 2.35. The van der Waals surface area contributed by atoms with Crippen LogP contribution in [0.15, 0.2) is 10.9 Å². The summed E-state index contributed by atoms with van der Waals surface area (Å²) >= 11 is 11.6. The Hall–Kier alpha value is -1.47. The highest BCUT2D eigenvalue weighted by Gasteiger charge is 2.35. The van der Waals surface area contributed by atoms with Crippen LogP contribution in [0.3, 0.4) is 0 Å². The van der Waals surface area contributed by atoms with Gasteiger partial charge in [-0.3, -0.25) is 4.79 Å². The van der Waals surface area contributed by atoms with Gasteiger partial charge in [-0.1, -0.05) is 23.2 Å². The quantitative estimate of drug-likeness (QED) is 0.879. The van der Waals surface area contributed by atoms with Crippen LogP contribution in [-0.2, 0) is 6.18 Å². The second kappa shape index (κ2) is 4.57. The van der Waals surface area contributed by atoms with Crippen molar-refractivity contribution in [2.24, 2.45) is 0 Å². The average Bonchev–Trinajstić information content (AvgIpc) is 2.30. The van der Waals surface area contributed by atoms with Crippen molar-refractivity contribution >= 4 is 34.1 Å². The van der Waals surface area contributed by atoms with Crippen molar-refractivity contribution in [2.45, 2.75) is 6.18 Å². The van der Waals surface area contributed by atoms with Crippen LogP contribution in [0.4, 0.5) is 13.2 Å². The van der Waals surface area contributed by atoms with Gasteiger partial charge < -0.3 is 9.72 Å². The molecule has 0 aliphatic heterocycles. The Morgan fingerprint density at radius 1 is 1.37 bits per heavy atom. The molecule has 0 aliphatic carbocycles. The highest BCUT2D eigenvalue weighted by molar-refractivity contribution is 6.44. The molecule has 0 aliphatic rings. The van der Waals surface area contributed by atoms with Gasteiger partial charge in [0.1, 0.15) is 10.5 Å². The van der Waals surface area contributed by atoms with E-state index in [2.05, 4.69) is 4.98 Å². The molecule has 2 aromatic rings. The largest absolute Gasteiger partial charge is 0.493 e. The van der Waals surface area contributed by atoms with Crippen molar-refractivity contribution < 1.29 is 17.9 Å². The molecule has 0 atom stereocenters. The number of benzene rings is 1. The number of methoxy groups -OCH3 is 1. The normalized spacial score (nSPS) is 11.9. The number of H-pyrrole nitrogens is 1. The molecule has 19 heavy (non-hydrogen) atoms. The van der Waals surface area contributed by atoms with E-state index in [-0.39, 0.29) is 26.7 Å². The molecule has 0 fully saturated rings. The number of nitrogens with zero attached hydrogens (tertiary/aromatic N) is 1. The van der Waals surface area contributed by atoms with Crippen LogP contribution >= 0.6 is 23.2 Å². The van der Waals surface area contributed by atoms with Gasteiger partial charge in [0, 0.05) is 0 Å². The summed E-state index contributed by atoms with van der Waals surface area (Å²) in [5.41, 5.74) is -1.28. The fraction of sp³-hybridized carbons (Fsp3) is 0.200. The van der Waals surface area contributed by atoms with Crippen molar-refractivity contribution in [3.05, 3.63) is 32.3 Å². The van der Waals surface area contributed by atoms with E-state index in [0.29, 0.717) is 0 Å². The van der Waals surface area contributed by atoms with Gasteiger partial charge in [-0.2, -0.15) is 13.2 Å². The molecule has 0 radical (unpaired) electrons. The molecule has 4 nitrogen and oxygen atoms in total. The average molecular weight is 313 g/mol. The number of aromatic nitrogens is 2. The number of nitrogens with one attached hydrogen (secondary N) is 1. The van der Waals surface area contributed by atoms with E-state index in [1.165, 1.54) is 7.11 Å². The Labute approximate surface area is 114 Å². The molecule has 0 unspecified atom stereocenters. The van der Waals surface area contributed by atoms with Gasteiger partial charge in [-0.15, -0.1) is 0 Å². The molecule has 0 spiro atoms. The second-order valence-corrected chi connectivity index (χ2v) is 4.30. The standard InChI is InChI=1S/C10H5Cl2F3N2O2/c1-19-7-5(12)4(11)2-3-6(7)16-9(10(13,14)15)17-8(3)18/h2H,1H3,(H,16,17,18). The van der Waals surface area contributed by atoms with Crippen molar-refractivity contribution in [3.8, 4) is 5.75 Å². The maximum atomic E-state index is 12.6. The zero-order valence-electron chi connectivity index (χ0n) is 9.23. The zero-order chi connectivity index (χ0) is 14.4. The Balaban J connectivity index is 2.94. The fourth-order valence-electron chi connectivity index (χ4n) is 1.51. The van der Waals surface area contributed by atoms with E-state index in [1.54, 1.807) is 4.98 Å². The second-order valence-electron chi connectivity index (χ2n) is 3.51. The van der Waals surface area contributed by atoms with Gasteiger partial charge in [0.05, 0.1) is 17.5 Å². The Kier molecular flexibility index (Phi) is 3.36. The van der Waals surface area contributed by atoms with Crippen molar-refractivity contribution in [1.82, 2.24) is 9.97 Å². The molecule has 0 saturated carbocycles. The topological polar surface area (TPSA) is 55.0 Å². The summed E-state index contributed by atoms with van der Waals surface area (Å²) in [7, 11) is 1.19. The Morgan fingerprint density at radius 3 is 2.53 bits per heavy atom. The highest BCUT2D eigenvalue weighted by Crippen LogP contribution is 2.38. The molecule has 1 aromatic carbocycles. The first-order valence-corrected chi connectivity index (χ1v) is 5.54. The van der Waals surface area contributed by atoms with E-state index in [4.69, 9.17) is 27.9 Å². The molecule has 1 aromatic heterocycles. The summed E-state index contributed by atoms with van der Waals surface area (Å²) < 4.78 is 42.6. The zero-order valence-corrected chi connectivity index (χ0v) is 10.7. The lowest BCUT2D eigenvalue weighted by molar-refractivity contribution is -0.144. The molecule has 9 heteroatoms. The van der Waals surface area contributed by atoms with Gasteiger partial charge in [0.15, 0.2) is 5.75 Å². The molecule has 2 rings (SSSR count). The van der Waals surface area contributed by atoms with Gasteiger partial charge in [-0.05, 0) is 6.07 Å². The van der Waals surface area contributed by atoms with Gasteiger partial charge >= 0.3 is 6.18 Å². The van der Waals surface area contributed by atoms with Crippen molar-refractivity contribution in [1.29, 1.82) is 0 Å². The predicted molar refractivity (Wildman–Crippen MR) is 63.9 cm³/mol. The summed E-state index contributed by atoms with van der Waals surface area (Å²) in [6, 6.07) is 1.13. The number of fused-ring (bicyclic) bond motifs is 1. The van der Waals surface area contributed by atoms with E-state index in [9.17, 15) is 18.0 Å². The van der Waals surface area contributed by atoms with Gasteiger partial charge in [0.2, 0.25) is 5.82 Å². The van der Waals surface area contributed by atoms with Crippen LogP contribution in [-0.4, -0.2) is 17.1 Å². The number of hydrogen-bond acceptors (Lipinski definition) is 3. The first-order chi connectivity index (χ1) is 8.75. The minimum atomic E-state index is -4.79. The van der Waals surface area contributed by atoms with Gasteiger partial charge in [0.25, 0.3) is 5.56 Å². The summed E-state index contributed by atoms with van der Waals surface area (Å²) in [4.78, 5) is 16.6. The molecule has 1 N–H and O–H groups in total. The predicted octanol–water partition coefficient (Wildman–Crippen LogP) is 3.26. The van der Waals surface area contributed by atoms with Crippen LogP contribution in [0, 0.1) is 0 Å². The summed E-state index contributed by atoms with van der Waals surface area (Å²) in [5.74, 6) is -1.61. The molecule has 1 heterocycles.